The smallest absolute Gasteiger partial charge is 0.338 e. The number of carboxylic acids is 1. The maximum absolute atomic E-state index is 12.7. The molecule has 3 aromatic carbocycles. The summed E-state index contributed by atoms with van der Waals surface area (Å²) < 4.78 is 0. The number of anilines is 1. The van der Waals surface area contributed by atoms with E-state index in [9.17, 15) is 14.7 Å². The van der Waals surface area contributed by atoms with Crippen LogP contribution < -0.4 is 5.32 Å². The van der Waals surface area contributed by atoms with Gasteiger partial charge in [0.2, 0.25) is 0 Å². The Kier molecular flexibility index (Phi) is 7.55. The molecule has 0 fully saturated rings. The molecule has 3 rings (SSSR count). The largest absolute Gasteiger partial charge is 0.478 e. The fourth-order valence-electron chi connectivity index (χ4n) is 2.61. The second kappa shape index (κ2) is 9.94. The van der Waals surface area contributed by atoms with E-state index in [1.807, 2.05) is 42.5 Å². The van der Waals surface area contributed by atoms with E-state index < -0.39 is 17.4 Å². The summed E-state index contributed by atoms with van der Waals surface area (Å²) in [6.45, 7) is 0. The first-order valence-electron chi connectivity index (χ1n) is 8.47. The number of carboxylic acid groups (broad SMARTS) is 1. The molecule has 0 saturated heterocycles. The summed E-state index contributed by atoms with van der Waals surface area (Å²) in [5.74, 6) is -1.40. The minimum atomic E-state index is -1.45. The van der Waals surface area contributed by atoms with Crippen LogP contribution in [0.4, 0.5) is 5.69 Å². The molecule has 0 radical (unpaired) electrons. The number of halogens is 4. The van der Waals surface area contributed by atoms with Gasteiger partial charge in [0.1, 0.15) is 0 Å². The van der Waals surface area contributed by atoms with E-state index in [0.717, 1.165) is 10.6 Å². The lowest BCUT2D eigenvalue weighted by molar-refractivity contribution is 0.0692. The summed E-state index contributed by atoms with van der Waals surface area (Å²) in [4.78, 5) is 25.4. The van der Waals surface area contributed by atoms with Crippen LogP contribution in [0.5, 0.6) is 0 Å². The summed E-state index contributed by atoms with van der Waals surface area (Å²) in [6.07, 6.45) is 0. The molecule has 0 unspecified atom stereocenters. The summed E-state index contributed by atoms with van der Waals surface area (Å²) in [5, 5.41) is 11.0. The van der Waals surface area contributed by atoms with Crippen LogP contribution in [0.1, 0.15) is 26.3 Å². The third kappa shape index (κ3) is 5.05. The van der Waals surface area contributed by atoms with Gasteiger partial charge in [-0.15, -0.1) is 11.8 Å². The van der Waals surface area contributed by atoms with E-state index >= 15 is 0 Å². The molecule has 0 aliphatic carbocycles. The molecule has 4 nitrogen and oxygen atoms in total. The van der Waals surface area contributed by atoms with E-state index in [4.69, 9.17) is 46.4 Å². The first kappa shape index (κ1) is 22.8. The van der Waals surface area contributed by atoms with Gasteiger partial charge in [0.15, 0.2) is 0 Å². The minimum absolute atomic E-state index is 0.189. The van der Waals surface area contributed by atoms with Crippen molar-refractivity contribution in [2.75, 3.05) is 5.32 Å². The van der Waals surface area contributed by atoms with Gasteiger partial charge in [-0.3, -0.25) is 4.79 Å². The molecule has 0 spiro atoms. The molecule has 2 N–H and O–H groups in total. The van der Waals surface area contributed by atoms with Crippen LogP contribution in [-0.4, -0.2) is 17.0 Å². The molecular formula is C21H13Cl4NO3S. The second-order valence-corrected chi connectivity index (χ2v) is 8.62. The van der Waals surface area contributed by atoms with E-state index in [2.05, 4.69) is 5.32 Å². The standard InChI is InChI=1S/C21H13Cl4NO3S/c22-16-14(15(21(28)29)17(23)19(25)18(16)24)20(27)26-12-6-8-13(9-7-12)30-10-11-4-2-1-3-5-11/h1-9H,10H2,(H,26,27)(H,28,29). The molecule has 154 valence electrons. The Balaban J connectivity index is 1.79. The Bertz CT molecular complexity index is 1110. The Morgan fingerprint density at radius 2 is 1.37 bits per heavy atom. The fraction of sp³-hybridized carbons (Fsp3) is 0.0476. The van der Waals surface area contributed by atoms with Crippen LogP contribution in [0.15, 0.2) is 59.5 Å². The van der Waals surface area contributed by atoms with Gasteiger partial charge in [0, 0.05) is 16.3 Å². The minimum Gasteiger partial charge on any atom is -0.478 e. The van der Waals surface area contributed by atoms with Crippen molar-refractivity contribution in [2.24, 2.45) is 0 Å². The molecule has 0 aliphatic rings. The zero-order valence-electron chi connectivity index (χ0n) is 15.1. The van der Waals surface area contributed by atoms with Crippen LogP contribution in [-0.2, 0) is 5.75 Å². The molecule has 3 aromatic rings. The molecule has 0 atom stereocenters. The Labute approximate surface area is 197 Å². The molecule has 0 aromatic heterocycles. The van der Waals surface area contributed by atoms with Gasteiger partial charge >= 0.3 is 5.97 Å². The summed E-state index contributed by atoms with van der Waals surface area (Å²) >= 11 is 25.6. The topological polar surface area (TPSA) is 66.4 Å². The summed E-state index contributed by atoms with van der Waals surface area (Å²) in [5.41, 5.74) is 0.792. The lowest BCUT2D eigenvalue weighted by Gasteiger charge is -2.14. The highest BCUT2D eigenvalue weighted by Crippen LogP contribution is 2.41. The van der Waals surface area contributed by atoms with E-state index in [1.165, 1.54) is 5.56 Å². The Morgan fingerprint density at radius 1 is 0.800 bits per heavy atom. The number of hydrogen-bond acceptors (Lipinski definition) is 3. The third-order valence-electron chi connectivity index (χ3n) is 4.07. The molecule has 0 bridgehead atoms. The number of benzene rings is 3. The van der Waals surface area contributed by atoms with Crippen molar-refractivity contribution < 1.29 is 14.7 Å². The quantitative estimate of drug-likeness (QED) is 0.208. The van der Waals surface area contributed by atoms with Gasteiger partial charge in [-0.2, -0.15) is 0 Å². The highest BCUT2D eigenvalue weighted by molar-refractivity contribution is 7.98. The van der Waals surface area contributed by atoms with Gasteiger partial charge in [0.25, 0.3) is 5.91 Å². The van der Waals surface area contributed by atoms with Crippen LogP contribution in [0.3, 0.4) is 0 Å². The van der Waals surface area contributed by atoms with Crippen molar-refractivity contribution in [3.8, 4) is 0 Å². The number of aromatic carboxylic acids is 1. The van der Waals surface area contributed by atoms with Crippen LogP contribution in [0.2, 0.25) is 20.1 Å². The zero-order chi connectivity index (χ0) is 21.8. The number of rotatable bonds is 6. The number of amides is 1. The lowest BCUT2D eigenvalue weighted by atomic mass is 10.1. The van der Waals surface area contributed by atoms with Crippen LogP contribution in [0, 0.1) is 0 Å². The number of nitrogens with one attached hydrogen (secondary N) is 1. The summed E-state index contributed by atoms with van der Waals surface area (Å²) in [6, 6.07) is 17.2. The SMILES string of the molecule is O=C(O)c1c(Cl)c(Cl)c(Cl)c(Cl)c1C(=O)Nc1ccc(SCc2ccccc2)cc1. The van der Waals surface area contributed by atoms with Crippen molar-refractivity contribution in [1.82, 2.24) is 0 Å². The van der Waals surface area contributed by atoms with E-state index in [1.54, 1.807) is 23.9 Å². The maximum Gasteiger partial charge on any atom is 0.338 e. The first-order valence-corrected chi connectivity index (χ1v) is 11.0. The highest BCUT2D eigenvalue weighted by atomic mass is 35.5. The van der Waals surface area contributed by atoms with Gasteiger partial charge in [-0.1, -0.05) is 76.7 Å². The molecule has 30 heavy (non-hydrogen) atoms. The normalized spacial score (nSPS) is 10.7. The monoisotopic (exact) mass is 499 g/mol. The summed E-state index contributed by atoms with van der Waals surface area (Å²) in [7, 11) is 0. The molecule has 0 saturated carbocycles. The second-order valence-electron chi connectivity index (χ2n) is 6.06. The van der Waals surface area contributed by atoms with E-state index in [-0.39, 0.29) is 25.7 Å². The molecular weight excluding hydrogens is 488 g/mol. The predicted octanol–water partition coefficient (Wildman–Crippen LogP) is 7.54. The van der Waals surface area contributed by atoms with Crippen molar-refractivity contribution >= 4 is 75.7 Å². The molecule has 9 heteroatoms. The zero-order valence-corrected chi connectivity index (χ0v) is 18.9. The fourth-order valence-corrected chi connectivity index (χ4v) is 4.49. The van der Waals surface area contributed by atoms with Crippen molar-refractivity contribution in [2.45, 2.75) is 10.6 Å². The van der Waals surface area contributed by atoms with Crippen LogP contribution >= 0.6 is 58.2 Å². The van der Waals surface area contributed by atoms with Crippen molar-refractivity contribution in [1.29, 1.82) is 0 Å². The van der Waals surface area contributed by atoms with Crippen LogP contribution in [0.25, 0.3) is 0 Å². The molecule has 0 heterocycles. The highest BCUT2D eigenvalue weighted by Gasteiger charge is 2.28. The lowest BCUT2D eigenvalue weighted by Crippen LogP contribution is -2.18. The van der Waals surface area contributed by atoms with Gasteiger partial charge in [-0.25, -0.2) is 4.79 Å². The predicted molar refractivity (Wildman–Crippen MR) is 124 cm³/mol. The maximum atomic E-state index is 12.7. The molecule has 1 amide bonds. The van der Waals surface area contributed by atoms with Gasteiger partial charge in [-0.05, 0) is 29.8 Å². The first-order chi connectivity index (χ1) is 14.3. The number of carbonyl (C=O) groups is 2. The number of carbonyl (C=O) groups excluding carboxylic acids is 1. The van der Waals surface area contributed by atoms with E-state index in [0.29, 0.717) is 5.69 Å². The average Bonchev–Trinajstić information content (AvgIpc) is 2.74. The van der Waals surface area contributed by atoms with Crippen molar-refractivity contribution in [3.63, 3.8) is 0 Å². The van der Waals surface area contributed by atoms with Gasteiger partial charge < -0.3 is 10.4 Å². The van der Waals surface area contributed by atoms with Gasteiger partial charge in [0.05, 0.1) is 31.2 Å². The average molecular weight is 501 g/mol. The Hall–Kier alpha value is -1.89. The molecule has 0 aliphatic heterocycles. The number of thioether (sulfide) groups is 1. The Morgan fingerprint density at radius 3 is 1.93 bits per heavy atom. The third-order valence-corrected chi connectivity index (χ3v) is 6.95. The van der Waals surface area contributed by atoms with Crippen molar-refractivity contribution in [3.05, 3.63) is 91.4 Å². The number of hydrogen-bond donors (Lipinski definition) is 2.